The van der Waals surface area contributed by atoms with Gasteiger partial charge in [-0.3, -0.25) is 9.59 Å². The first kappa shape index (κ1) is 23.1. The number of methoxy groups -OCH3 is 1. The van der Waals surface area contributed by atoms with Gasteiger partial charge >= 0.3 is 0 Å². The Morgan fingerprint density at radius 3 is 2.44 bits per heavy atom. The van der Waals surface area contributed by atoms with Crippen LogP contribution in [0.15, 0.2) is 77.4 Å². The number of carbonyl (C=O) groups excluding carboxylic acids is 2. The maximum atomic E-state index is 13.3. The molecule has 0 aliphatic rings. The van der Waals surface area contributed by atoms with Crippen LogP contribution in [0.5, 0.6) is 5.75 Å². The van der Waals surface area contributed by atoms with Gasteiger partial charge in [0.2, 0.25) is 5.91 Å². The Kier molecular flexibility index (Phi) is 8.08. The molecule has 0 saturated heterocycles. The number of amides is 2. The Labute approximate surface area is 189 Å². The van der Waals surface area contributed by atoms with E-state index < -0.39 is 0 Å². The molecule has 0 bridgehead atoms. The molecule has 0 radical (unpaired) electrons. The second-order valence-corrected chi connectivity index (χ2v) is 7.89. The molecule has 1 aromatic heterocycles. The molecule has 32 heavy (non-hydrogen) atoms. The van der Waals surface area contributed by atoms with Crippen LogP contribution < -0.4 is 4.74 Å². The van der Waals surface area contributed by atoms with Crippen molar-refractivity contribution in [3.8, 4) is 5.75 Å². The molecular weight excluding hydrogens is 404 g/mol. The van der Waals surface area contributed by atoms with Gasteiger partial charge in [0.1, 0.15) is 18.1 Å². The molecule has 0 aliphatic carbocycles. The van der Waals surface area contributed by atoms with Crippen molar-refractivity contribution >= 4 is 11.8 Å². The van der Waals surface area contributed by atoms with E-state index in [1.165, 1.54) is 0 Å². The zero-order valence-electron chi connectivity index (χ0n) is 18.9. The van der Waals surface area contributed by atoms with Gasteiger partial charge in [-0.25, -0.2) is 0 Å². The monoisotopic (exact) mass is 434 g/mol. The summed E-state index contributed by atoms with van der Waals surface area (Å²) in [5.74, 6) is 0.991. The van der Waals surface area contributed by atoms with Crippen LogP contribution in [0.25, 0.3) is 0 Å². The first-order valence-electron chi connectivity index (χ1n) is 10.8. The largest absolute Gasteiger partial charge is 0.497 e. The Balaban J connectivity index is 1.75. The molecule has 2 aromatic carbocycles. The van der Waals surface area contributed by atoms with E-state index in [-0.39, 0.29) is 24.4 Å². The second-order valence-electron chi connectivity index (χ2n) is 7.89. The molecule has 3 aromatic rings. The van der Waals surface area contributed by atoms with Crippen LogP contribution in [0, 0.1) is 0 Å². The van der Waals surface area contributed by atoms with Crippen molar-refractivity contribution in [2.24, 2.45) is 0 Å². The lowest BCUT2D eigenvalue weighted by molar-refractivity contribution is -0.133. The Bertz CT molecular complexity index is 1000. The zero-order chi connectivity index (χ0) is 22.9. The second kappa shape index (κ2) is 11.2. The minimum absolute atomic E-state index is 0.0107. The molecule has 6 nitrogen and oxygen atoms in total. The number of ether oxygens (including phenoxy) is 1. The summed E-state index contributed by atoms with van der Waals surface area (Å²) in [6.45, 7) is 4.70. The van der Waals surface area contributed by atoms with Gasteiger partial charge in [-0.05, 0) is 56.2 Å². The Morgan fingerprint density at radius 2 is 1.78 bits per heavy atom. The van der Waals surface area contributed by atoms with Crippen LogP contribution >= 0.6 is 0 Å². The third kappa shape index (κ3) is 6.23. The number of benzene rings is 2. The zero-order valence-corrected chi connectivity index (χ0v) is 18.9. The highest BCUT2D eigenvalue weighted by Gasteiger charge is 2.25. The molecule has 1 heterocycles. The average molecular weight is 435 g/mol. The van der Waals surface area contributed by atoms with Crippen molar-refractivity contribution in [3.05, 3.63) is 89.9 Å². The molecular formula is C26H30N2O4. The predicted molar refractivity (Wildman–Crippen MR) is 123 cm³/mol. The van der Waals surface area contributed by atoms with Crippen molar-refractivity contribution in [3.63, 3.8) is 0 Å². The third-order valence-corrected chi connectivity index (χ3v) is 5.30. The SMILES string of the molecule is COc1cccc(C(=O)N(CC(=O)N(CCc2ccccc2)Cc2ccco2)C(C)C)c1. The molecule has 0 spiro atoms. The van der Waals surface area contributed by atoms with Crippen molar-refractivity contribution in [2.75, 3.05) is 20.2 Å². The van der Waals surface area contributed by atoms with Crippen LogP contribution in [0.2, 0.25) is 0 Å². The van der Waals surface area contributed by atoms with E-state index >= 15 is 0 Å². The quantitative estimate of drug-likeness (QED) is 0.474. The van der Waals surface area contributed by atoms with Crippen LogP contribution in [0.1, 0.15) is 35.5 Å². The number of carbonyl (C=O) groups is 2. The van der Waals surface area contributed by atoms with Gasteiger partial charge in [-0.15, -0.1) is 0 Å². The maximum absolute atomic E-state index is 13.3. The summed E-state index contributed by atoms with van der Waals surface area (Å²) in [5, 5.41) is 0. The van der Waals surface area contributed by atoms with Gasteiger partial charge < -0.3 is 19.0 Å². The minimum Gasteiger partial charge on any atom is -0.497 e. The Hall–Kier alpha value is -3.54. The third-order valence-electron chi connectivity index (χ3n) is 5.30. The van der Waals surface area contributed by atoms with Gasteiger partial charge in [0.15, 0.2) is 0 Å². The van der Waals surface area contributed by atoms with Gasteiger partial charge in [0, 0.05) is 18.2 Å². The number of nitrogens with zero attached hydrogens (tertiary/aromatic N) is 2. The fourth-order valence-electron chi connectivity index (χ4n) is 3.45. The van der Waals surface area contributed by atoms with E-state index in [1.54, 1.807) is 47.4 Å². The highest BCUT2D eigenvalue weighted by atomic mass is 16.5. The summed E-state index contributed by atoms with van der Waals surface area (Å²) < 4.78 is 10.7. The first-order valence-corrected chi connectivity index (χ1v) is 10.8. The predicted octanol–water partition coefficient (Wildman–Crippen LogP) is 4.41. The van der Waals surface area contributed by atoms with Gasteiger partial charge in [0.25, 0.3) is 5.91 Å². The smallest absolute Gasteiger partial charge is 0.254 e. The Morgan fingerprint density at radius 1 is 1.00 bits per heavy atom. The van der Waals surface area contributed by atoms with E-state index in [2.05, 4.69) is 0 Å². The fourth-order valence-corrected chi connectivity index (χ4v) is 3.45. The van der Waals surface area contributed by atoms with Gasteiger partial charge in [0.05, 0.1) is 19.9 Å². The number of furan rings is 1. The number of hydrogen-bond acceptors (Lipinski definition) is 4. The van der Waals surface area contributed by atoms with Crippen molar-refractivity contribution in [1.82, 2.24) is 9.80 Å². The summed E-state index contributed by atoms with van der Waals surface area (Å²) in [6.07, 6.45) is 2.32. The lowest BCUT2D eigenvalue weighted by Gasteiger charge is -2.30. The van der Waals surface area contributed by atoms with Crippen molar-refractivity contribution in [1.29, 1.82) is 0 Å². The average Bonchev–Trinajstić information content (AvgIpc) is 3.33. The standard InChI is InChI=1S/C26H30N2O4/c1-20(2)28(26(30)22-11-7-12-23(17-22)31-3)19-25(29)27(18-24-13-8-16-32-24)15-14-21-9-5-4-6-10-21/h4-13,16-17,20H,14-15,18-19H2,1-3H3. The highest BCUT2D eigenvalue weighted by Crippen LogP contribution is 2.17. The summed E-state index contributed by atoms with van der Waals surface area (Å²) in [4.78, 5) is 29.9. The fraction of sp³-hybridized carbons (Fsp3) is 0.308. The van der Waals surface area contributed by atoms with Crippen molar-refractivity contribution < 1.29 is 18.7 Å². The molecule has 0 aliphatic heterocycles. The lowest BCUT2D eigenvalue weighted by atomic mass is 10.1. The summed E-state index contributed by atoms with van der Waals surface area (Å²) >= 11 is 0. The van der Waals surface area contributed by atoms with Crippen LogP contribution in [-0.4, -0.2) is 47.9 Å². The topological polar surface area (TPSA) is 63.0 Å². The van der Waals surface area contributed by atoms with E-state index in [4.69, 9.17) is 9.15 Å². The van der Waals surface area contributed by atoms with E-state index in [9.17, 15) is 9.59 Å². The van der Waals surface area contributed by atoms with Gasteiger partial charge in [-0.2, -0.15) is 0 Å². The molecule has 2 amide bonds. The summed E-state index contributed by atoms with van der Waals surface area (Å²) in [7, 11) is 1.56. The van der Waals surface area contributed by atoms with E-state index in [1.807, 2.05) is 56.3 Å². The van der Waals surface area contributed by atoms with Crippen molar-refractivity contribution in [2.45, 2.75) is 32.9 Å². The molecule has 0 atom stereocenters. The molecule has 168 valence electrons. The first-order chi connectivity index (χ1) is 15.5. The lowest BCUT2D eigenvalue weighted by Crippen LogP contribution is -2.46. The summed E-state index contributed by atoms with van der Waals surface area (Å²) in [6, 6.07) is 20.5. The summed E-state index contributed by atoms with van der Waals surface area (Å²) in [5.41, 5.74) is 1.64. The van der Waals surface area contributed by atoms with Gasteiger partial charge in [-0.1, -0.05) is 36.4 Å². The molecule has 6 heteroatoms. The number of rotatable bonds is 10. The van der Waals surface area contributed by atoms with Crippen LogP contribution in [0.3, 0.4) is 0 Å². The molecule has 0 unspecified atom stereocenters. The van der Waals surface area contributed by atoms with E-state index in [0.717, 1.165) is 12.0 Å². The van der Waals surface area contributed by atoms with Crippen LogP contribution in [-0.2, 0) is 17.8 Å². The molecule has 3 rings (SSSR count). The highest BCUT2D eigenvalue weighted by molar-refractivity contribution is 5.97. The normalized spacial score (nSPS) is 10.8. The number of hydrogen-bond donors (Lipinski definition) is 0. The molecule has 0 N–H and O–H groups in total. The molecule has 0 saturated carbocycles. The van der Waals surface area contributed by atoms with Crippen LogP contribution in [0.4, 0.5) is 0 Å². The maximum Gasteiger partial charge on any atom is 0.254 e. The molecule has 0 fully saturated rings. The minimum atomic E-state index is -0.201. The van der Waals surface area contributed by atoms with E-state index in [0.29, 0.717) is 30.2 Å².